The standard InChI is InChI=1S/C17H23N5O/c1-13-5-7-14(8-6-13)19-16-10-9-15(20-21-16)17(23)18-11-4-12-22(2)3/h5-10H,4,11-12H2,1-3H3,(H,18,23)(H,19,21). The Bertz CT molecular complexity index is 622. The molecule has 2 N–H and O–H groups in total. The first-order valence-electron chi connectivity index (χ1n) is 7.65. The molecule has 1 aromatic heterocycles. The van der Waals surface area contributed by atoms with E-state index in [9.17, 15) is 4.79 Å². The molecule has 122 valence electrons. The third kappa shape index (κ3) is 5.67. The van der Waals surface area contributed by atoms with Gasteiger partial charge in [0.2, 0.25) is 0 Å². The molecular formula is C17H23N5O. The van der Waals surface area contributed by atoms with Crippen molar-refractivity contribution in [3.63, 3.8) is 0 Å². The smallest absolute Gasteiger partial charge is 0.271 e. The number of nitrogens with one attached hydrogen (secondary N) is 2. The van der Waals surface area contributed by atoms with Crippen molar-refractivity contribution >= 4 is 17.4 Å². The summed E-state index contributed by atoms with van der Waals surface area (Å²) in [7, 11) is 4.01. The molecule has 0 fully saturated rings. The third-order valence-electron chi connectivity index (χ3n) is 3.29. The number of nitrogens with zero attached hydrogens (tertiary/aromatic N) is 3. The van der Waals surface area contributed by atoms with E-state index in [1.165, 1.54) is 5.56 Å². The summed E-state index contributed by atoms with van der Waals surface area (Å²) in [4.78, 5) is 14.0. The number of aromatic nitrogens is 2. The number of aryl methyl sites for hydroxylation is 1. The van der Waals surface area contributed by atoms with Gasteiger partial charge >= 0.3 is 0 Å². The molecule has 6 heteroatoms. The summed E-state index contributed by atoms with van der Waals surface area (Å²) in [5.41, 5.74) is 2.46. The van der Waals surface area contributed by atoms with Crippen molar-refractivity contribution < 1.29 is 4.79 Å². The van der Waals surface area contributed by atoms with E-state index < -0.39 is 0 Å². The van der Waals surface area contributed by atoms with E-state index in [2.05, 4.69) is 25.7 Å². The molecule has 0 bridgehead atoms. The first-order chi connectivity index (χ1) is 11.0. The van der Waals surface area contributed by atoms with Gasteiger partial charge in [-0.15, -0.1) is 10.2 Å². The van der Waals surface area contributed by atoms with Gasteiger partial charge in [0.05, 0.1) is 0 Å². The lowest BCUT2D eigenvalue weighted by Crippen LogP contribution is -2.28. The van der Waals surface area contributed by atoms with Gasteiger partial charge in [-0.1, -0.05) is 17.7 Å². The zero-order chi connectivity index (χ0) is 16.7. The van der Waals surface area contributed by atoms with Gasteiger partial charge in [-0.2, -0.15) is 0 Å². The Morgan fingerprint density at radius 2 is 1.83 bits per heavy atom. The topological polar surface area (TPSA) is 70.2 Å². The molecule has 2 rings (SSSR count). The van der Waals surface area contributed by atoms with Crippen LogP contribution in [-0.4, -0.2) is 48.2 Å². The molecule has 0 saturated carbocycles. The minimum atomic E-state index is -0.196. The summed E-state index contributed by atoms with van der Waals surface area (Å²) in [6, 6.07) is 11.4. The van der Waals surface area contributed by atoms with E-state index in [-0.39, 0.29) is 5.91 Å². The van der Waals surface area contributed by atoms with Crippen molar-refractivity contribution in [1.82, 2.24) is 20.4 Å². The van der Waals surface area contributed by atoms with Gasteiger partial charge in [-0.3, -0.25) is 4.79 Å². The molecule has 23 heavy (non-hydrogen) atoms. The first kappa shape index (κ1) is 16.9. The first-order valence-corrected chi connectivity index (χ1v) is 7.65. The van der Waals surface area contributed by atoms with Gasteiger partial charge < -0.3 is 15.5 Å². The summed E-state index contributed by atoms with van der Waals surface area (Å²) >= 11 is 0. The number of anilines is 2. The monoisotopic (exact) mass is 313 g/mol. The summed E-state index contributed by atoms with van der Waals surface area (Å²) in [6.45, 7) is 3.60. The van der Waals surface area contributed by atoms with Crippen LogP contribution in [-0.2, 0) is 0 Å². The summed E-state index contributed by atoms with van der Waals surface area (Å²) < 4.78 is 0. The lowest BCUT2D eigenvalue weighted by molar-refractivity contribution is 0.0946. The van der Waals surface area contributed by atoms with Crippen molar-refractivity contribution in [3.8, 4) is 0 Å². The largest absolute Gasteiger partial charge is 0.351 e. The fourth-order valence-corrected chi connectivity index (χ4v) is 1.99. The predicted molar refractivity (Wildman–Crippen MR) is 92.0 cm³/mol. The molecular weight excluding hydrogens is 290 g/mol. The molecule has 6 nitrogen and oxygen atoms in total. The van der Waals surface area contributed by atoms with E-state index in [1.54, 1.807) is 12.1 Å². The Morgan fingerprint density at radius 1 is 1.09 bits per heavy atom. The van der Waals surface area contributed by atoms with Gasteiger partial charge in [-0.25, -0.2) is 0 Å². The number of hydrogen-bond acceptors (Lipinski definition) is 5. The van der Waals surface area contributed by atoms with Gasteiger partial charge in [0.25, 0.3) is 5.91 Å². The molecule has 0 radical (unpaired) electrons. The van der Waals surface area contributed by atoms with Crippen LogP contribution in [0.15, 0.2) is 36.4 Å². The Balaban J connectivity index is 1.86. The average Bonchev–Trinajstić information content (AvgIpc) is 2.54. The van der Waals surface area contributed by atoms with Crippen molar-refractivity contribution in [2.75, 3.05) is 32.5 Å². The van der Waals surface area contributed by atoms with Crippen LogP contribution >= 0.6 is 0 Å². The molecule has 2 aromatic rings. The van der Waals surface area contributed by atoms with Crippen LogP contribution in [0, 0.1) is 6.92 Å². The minimum Gasteiger partial charge on any atom is -0.351 e. The fraction of sp³-hybridized carbons (Fsp3) is 0.353. The number of hydrogen-bond donors (Lipinski definition) is 2. The molecule has 0 aliphatic heterocycles. The zero-order valence-corrected chi connectivity index (χ0v) is 13.8. The second kappa shape index (κ2) is 8.24. The molecule has 0 spiro atoms. The third-order valence-corrected chi connectivity index (χ3v) is 3.29. The highest BCUT2D eigenvalue weighted by Crippen LogP contribution is 2.14. The number of carbonyl (C=O) groups is 1. The second-order valence-electron chi connectivity index (χ2n) is 5.71. The number of amides is 1. The van der Waals surface area contributed by atoms with Crippen LogP contribution in [0.2, 0.25) is 0 Å². The zero-order valence-electron chi connectivity index (χ0n) is 13.8. The summed E-state index contributed by atoms with van der Waals surface area (Å²) in [5.74, 6) is 0.413. The molecule has 0 unspecified atom stereocenters. The summed E-state index contributed by atoms with van der Waals surface area (Å²) in [5, 5.41) is 14.0. The average molecular weight is 313 g/mol. The van der Waals surface area contributed by atoms with Gasteiger partial charge in [0, 0.05) is 12.2 Å². The Morgan fingerprint density at radius 3 is 2.43 bits per heavy atom. The van der Waals surface area contributed by atoms with E-state index in [4.69, 9.17) is 0 Å². The van der Waals surface area contributed by atoms with E-state index in [1.807, 2.05) is 45.3 Å². The van der Waals surface area contributed by atoms with Crippen LogP contribution in [0.25, 0.3) is 0 Å². The van der Waals surface area contributed by atoms with Gasteiger partial charge in [0.15, 0.2) is 11.5 Å². The van der Waals surface area contributed by atoms with Crippen molar-refractivity contribution in [2.24, 2.45) is 0 Å². The molecule has 0 aliphatic rings. The van der Waals surface area contributed by atoms with Crippen LogP contribution < -0.4 is 10.6 Å². The van der Waals surface area contributed by atoms with E-state index in [0.717, 1.165) is 18.7 Å². The van der Waals surface area contributed by atoms with Crippen LogP contribution in [0.1, 0.15) is 22.5 Å². The highest BCUT2D eigenvalue weighted by Gasteiger charge is 2.07. The highest BCUT2D eigenvalue weighted by molar-refractivity contribution is 5.92. The fourth-order valence-electron chi connectivity index (χ4n) is 1.99. The maximum absolute atomic E-state index is 11.9. The SMILES string of the molecule is Cc1ccc(Nc2ccc(C(=O)NCCCN(C)C)nn2)cc1. The second-order valence-corrected chi connectivity index (χ2v) is 5.71. The molecule has 1 aromatic carbocycles. The maximum Gasteiger partial charge on any atom is 0.271 e. The highest BCUT2D eigenvalue weighted by atomic mass is 16.1. The summed E-state index contributed by atoms with van der Waals surface area (Å²) in [6.07, 6.45) is 0.902. The van der Waals surface area contributed by atoms with Crippen molar-refractivity contribution in [1.29, 1.82) is 0 Å². The van der Waals surface area contributed by atoms with Crippen molar-refractivity contribution in [3.05, 3.63) is 47.7 Å². The molecule has 0 aliphatic carbocycles. The molecule has 1 heterocycles. The van der Waals surface area contributed by atoms with Crippen molar-refractivity contribution in [2.45, 2.75) is 13.3 Å². The number of rotatable bonds is 7. The lowest BCUT2D eigenvalue weighted by atomic mass is 10.2. The van der Waals surface area contributed by atoms with Gasteiger partial charge in [0.1, 0.15) is 0 Å². The number of carbonyl (C=O) groups excluding carboxylic acids is 1. The minimum absolute atomic E-state index is 0.196. The molecule has 1 amide bonds. The van der Waals surface area contributed by atoms with Gasteiger partial charge in [-0.05, 0) is 58.3 Å². The van der Waals surface area contributed by atoms with Crippen LogP contribution in [0.4, 0.5) is 11.5 Å². The number of benzene rings is 1. The lowest BCUT2D eigenvalue weighted by Gasteiger charge is -2.09. The molecule has 0 atom stereocenters. The van der Waals surface area contributed by atoms with E-state index in [0.29, 0.717) is 18.1 Å². The maximum atomic E-state index is 11.9. The predicted octanol–water partition coefficient (Wildman–Crippen LogP) is 2.21. The van der Waals surface area contributed by atoms with E-state index >= 15 is 0 Å². The van der Waals surface area contributed by atoms with Crippen LogP contribution in [0.3, 0.4) is 0 Å². The molecule has 0 saturated heterocycles. The normalized spacial score (nSPS) is 10.6. The quantitative estimate of drug-likeness (QED) is 0.767. The Hall–Kier alpha value is -2.47. The Kier molecular flexibility index (Phi) is 6.05. The Labute approximate surface area is 136 Å². The van der Waals surface area contributed by atoms with Crippen LogP contribution in [0.5, 0.6) is 0 Å².